The fraction of sp³-hybridized carbons (Fsp3) is 1.00. The fourth-order valence-corrected chi connectivity index (χ4v) is 3.84. The molecule has 1 saturated heterocycles. The summed E-state index contributed by atoms with van der Waals surface area (Å²) >= 11 is 0. The summed E-state index contributed by atoms with van der Waals surface area (Å²) in [6.45, 7) is 14.9. The van der Waals surface area contributed by atoms with Crippen molar-refractivity contribution in [2.24, 2.45) is 16.7 Å². The molecule has 1 aliphatic heterocycles. The van der Waals surface area contributed by atoms with Crippen LogP contribution >= 0.6 is 0 Å². The lowest BCUT2D eigenvalue weighted by Gasteiger charge is -2.48. The summed E-state index contributed by atoms with van der Waals surface area (Å²) in [4.78, 5) is 2.80. The molecule has 17 heavy (non-hydrogen) atoms. The largest absolute Gasteiger partial charge is 0.300 e. The van der Waals surface area contributed by atoms with Gasteiger partial charge in [-0.15, -0.1) is 0 Å². The van der Waals surface area contributed by atoms with Crippen LogP contribution in [0.25, 0.3) is 0 Å². The van der Waals surface area contributed by atoms with Gasteiger partial charge in [0.1, 0.15) is 0 Å². The fourth-order valence-electron chi connectivity index (χ4n) is 3.84. The molecule has 1 saturated carbocycles. The Morgan fingerprint density at radius 2 is 1.76 bits per heavy atom. The minimum atomic E-state index is 0.546. The molecular weight excluding hydrogens is 206 g/mol. The predicted octanol–water partition coefficient (Wildman–Crippen LogP) is 4.32. The molecule has 1 aliphatic carbocycles. The van der Waals surface area contributed by atoms with E-state index < -0.39 is 0 Å². The minimum Gasteiger partial charge on any atom is -0.300 e. The molecule has 0 aromatic carbocycles. The zero-order chi connectivity index (χ0) is 12.7. The highest BCUT2D eigenvalue weighted by molar-refractivity contribution is 4.91. The summed E-state index contributed by atoms with van der Waals surface area (Å²) in [5.41, 5.74) is 1.09. The van der Waals surface area contributed by atoms with Gasteiger partial charge >= 0.3 is 0 Å². The molecule has 2 aliphatic rings. The molecule has 0 aromatic heterocycles. The molecular formula is C16H31N. The van der Waals surface area contributed by atoms with Crippen LogP contribution in [0.15, 0.2) is 0 Å². The van der Waals surface area contributed by atoms with E-state index in [2.05, 4.69) is 39.5 Å². The lowest BCUT2D eigenvalue weighted by atomic mass is 9.67. The summed E-state index contributed by atoms with van der Waals surface area (Å²) in [5, 5.41) is 0. The van der Waals surface area contributed by atoms with Crippen LogP contribution in [0.3, 0.4) is 0 Å². The highest BCUT2D eigenvalue weighted by Gasteiger charge is 2.38. The van der Waals surface area contributed by atoms with Crippen LogP contribution in [0.4, 0.5) is 0 Å². The van der Waals surface area contributed by atoms with E-state index in [-0.39, 0.29) is 0 Å². The zero-order valence-electron chi connectivity index (χ0n) is 12.6. The molecule has 2 rings (SSSR count). The van der Waals surface area contributed by atoms with Crippen LogP contribution in [0.2, 0.25) is 0 Å². The lowest BCUT2D eigenvalue weighted by molar-refractivity contribution is 0.0134. The number of hydrogen-bond donors (Lipinski definition) is 0. The third-order valence-corrected chi connectivity index (χ3v) is 5.48. The Kier molecular flexibility index (Phi) is 3.60. The van der Waals surface area contributed by atoms with Gasteiger partial charge < -0.3 is 0 Å². The van der Waals surface area contributed by atoms with Crippen molar-refractivity contribution in [3.05, 3.63) is 0 Å². The number of likely N-dealkylation sites (tertiary alicyclic amines) is 1. The number of hydrogen-bond acceptors (Lipinski definition) is 1. The molecule has 100 valence electrons. The molecule has 0 N–H and O–H groups in total. The maximum atomic E-state index is 2.80. The third-order valence-electron chi connectivity index (χ3n) is 5.48. The van der Waals surface area contributed by atoms with Crippen LogP contribution in [-0.4, -0.2) is 24.0 Å². The number of nitrogens with zero attached hydrogens (tertiary/aromatic N) is 1. The van der Waals surface area contributed by atoms with Crippen LogP contribution in [-0.2, 0) is 0 Å². The first-order chi connectivity index (χ1) is 7.80. The maximum absolute atomic E-state index is 2.80. The van der Waals surface area contributed by atoms with E-state index in [4.69, 9.17) is 0 Å². The molecule has 1 heterocycles. The van der Waals surface area contributed by atoms with Crippen molar-refractivity contribution >= 4 is 0 Å². The second kappa shape index (κ2) is 4.57. The average molecular weight is 237 g/mol. The molecule has 0 bridgehead atoms. The van der Waals surface area contributed by atoms with E-state index >= 15 is 0 Å². The second-order valence-corrected chi connectivity index (χ2v) is 8.06. The van der Waals surface area contributed by atoms with Crippen LogP contribution in [0.5, 0.6) is 0 Å². The molecule has 0 amide bonds. The standard InChI is InChI=1S/C16H31N/c1-13-7-8-14(11-16(13,4)5)17-10-6-9-15(2,3)12-17/h13-14H,6-12H2,1-5H3/t13-,14+/m0/s1. The molecule has 1 nitrogen and oxygen atoms in total. The van der Waals surface area contributed by atoms with Gasteiger partial charge in [0.25, 0.3) is 0 Å². The number of piperidine rings is 1. The van der Waals surface area contributed by atoms with E-state index in [1.165, 1.54) is 45.2 Å². The Morgan fingerprint density at radius 3 is 2.35 bits per heavy atom. The van der Waals surface area contributed by atoms with Crippen molar-refractivity contribution in [1.29, 1.82) is 0 Å². The van der Waals surface area contributed by atoms with Crippen LogP contribution in [0.1, 0.15) is 66.7 Å². The first kappa shape index (κ1) is 13.4. The summed E-state index contributed by atoms with van der Waals surface area (Å²) in [5.74, 6) is 0.900. The van der Waals surface area contributed by atoms with Crippen LogP contribution in [0, 0.1) is 16.7 Å². The predicted molar refractivity (Wildman–Crippen MR) is 75.2 cm³/mol. The van der Waals surface area contributed by atoms with Gasteiger partial charge in [0.05, 0.1) is 0 Å². The maximum Gasteiger partial charge on any atom is 0.0101 e. The van der Waals surface area contributed by atoms with E-state index in [1.54, 1.807) is 0 Å². The van der Waals surface area contributed by atoms with Gasteiger partial charge in [0.15, 0.2) is 0 Å². The summed E-state index contributed by atoms with van der Waals surface area (Å²) in [6, 6.07) is 0.862. The summed E-state index contributed by atoms with van der Waals surface area (Å²) in [6.07, 6.45) is 7.08. The Hall–Kier alpha value is -0.0400. The molecule has 2 atom stereocenters. The van der Waals surface area contributed by atoms with Gasteiger partial charge in [-0.05, 0) is 55.4 Å². The normalized spacial score (nSPS) is 37.9. The first-order valence-corrected chi connectivity index (χ1v) is 7.54. The van der Waals surface area contributed by atoms with Crippen LogP contribution < -0.4 is 0 Å². The van der Waals surface area contributed by atoms with E-state index in [0.29, 0.717) is 10.8 Å². The lowest BCUT2D eigenvalue weighted by Crippen LogP contribution is -2.49. The number of rotatable bonds is 1. The highest BCUT2D eigenvalue weighted by Crippen LogP contribution is 2.43. The molecule has 0 unspecified atom stereocenters. The Labute approximate surface area is 108 Å². The molecule has 0 aromatic rings. The van der Waals surface area contributed by atoms with Gasteiger partial charge in [-0.25, -0.2) is 0 Å². The zero-order valence-corrected chi connectivity index (χ0v) is 12.6. The molecule has 2 fully saturated rings. The Bertz CT molecular complexity index is 267. The Balaban J connectivity index is 1.99. The van der Waals surface area contributed by atoms with Gasteiger partial charge in [-0.2, -0.15) is 0 Å². The van der Waals surface area contributed by atoms with Crippen molar-refractivity contribution in [1.82, 2.24) is 4.90 Å². The minimum absolute atomic E-state index is 0.546. The van der Waals surface area contributed by atoms with Crippen molar-refractivity contribution in [2.75, 3.05) is 13.1 Å². The van der Waals surface area contributed by atoms with E-state index in [0.717, 1.165) is 12.0 Å². The smallest absolute Gasteiger partial charge is 0.0101 e. The quantitative estimate of drug-likeness (QED) is 0.656. The van der Waals surface area contributed by atoms with E-state index in [9.17, 15) is 0 Å². The molecule has 1 heteroatoms. The summed E-state index contributed by atoms with van der Waals surface area (Å²) in [7, 11) is 0. The van der Waals surface area contributed by atoms with E-state index in [1.807, 2.05) is 0 Å². The molecule has 0 radical (unpaired) electrons. The summed E-state index contributed by atoms with van der Waals surface area (Å²) < 4.78 is 0. The average Bonchev–Trinajstić information content (AvgIpc) is 2.20. The SMILES string of the molecule is C[C@H]1CC[C@@H](N2CCCC(C)(C)C2)CC1(C)C. The van der Waals surface area contributed by atoms with Crippen molar-refractivity contribution in [2.45, 2.75) is 72.8 Å². The molecule has 0 spiro atoms. The first-order valence-electron chi connectivity index (χ1n) is 7.54. The van der Waals surface area contributed by atoms with Gasteiger partial charge in [0, 0.05) is 12.6 Å². The van der Waals surface area contributed by atoms with Gasteiger partial charge in [0.2, 0.25) is 0 Å². The topological polar surface area (TPSA) is 3.24 Å². The third kappa shape index (κ3) is 3.05. The van der Waals surface area contributed by atoms with Crippen molar-refractivity contribution in [3.63, 3.8) is 0 Å². The Morgan fingerprint density at radius 1 is 1.06 bits per heavy atom. The highest BCUT2D eigenvalue weighted by atomic mass is 15.2. The monoisotopic (exact) mass is 237 g/mol. The van der Waals surface area contributed by atoms with Crippen molar-refractivity contribution < 1.29 is 0 Å². The van der Waals surface area contributed by atoms with Gasteiger partial charge in [-0.3, -0.25) is 4.90 Å². The van der Waals surface area contributed by atoms with Crippen molar-refractivity contribution in [3.8, 4) is 0 Å². The second-order valence-electron chi connectivity index (χ2n) is 8.06. The van der Waals surface area contributed by atoms with Gasteiger partial charge in [-0.1, -0.05) is 34.6 Å².